The normalized spacial score (nSPS) is 10.7. The molecule has 1 aromatic heterocycles. The van der Waals surface area contributed by atoms with Crippen LogP contribution in [0, 0.1) is 0 Å². The Labute approximate surface area is 134 Å². The van der Waals surface area contributed by atoms with E-state index in [9.17, 15) is 4.79 Å². The Morgan fingerprint density at radius 3 is 2.64 bits per heavy atom. The molecule has 0 radical (unpaired) electrons. The number of halogens is 1. The van der Waals surface area contributed by atoms with Gasteiger partial charge in [-0.15, -0.1) is 0 Å². The molecule has 0 aliphatic heterocycles. The molecule has 0 spiro atoms. The van der Waals surface area contributed by atoms with Crippen LogP contribution >= 0.6 is 11.6 Å². The zero-order chi connectivity index (χ0) is 15.9. The zero-order valence-corrected chi connectivity index (χ0v) is 13.3. The van der Waals surface area contributed by atoms with Crippen LogP contribution in [0.25, 0.3) is 0 Å². The van der Waals surface area contributed by atoms with E-state index in [0.717, 1.165) is 12.3 Å². The number of benzene rings is 1. The predicted molar refractivity (Wildman–Crippen MR) is 83.3 cm³/mol. The van der Waals surface area contributed by atoms with Gasteiger partial charge in [0.15, 0.2) is 0 Å². The molecule has 0 bridgehead atoms. The first kappa shape index (κ1) is 16.4. The quantitative estimate of drug-likeness (QED) is 0.732. The summed E-state index contributed by atoms with van der Waals surface area (Å²) in [5, 5.41) is 0.684. The number of carbonyl (C=O) groups excluding carboxylic acids is 1. The fourth-order valence-electron chi connectivity index (χ4n) is 1.87. The number of nitrogens with zero attached hydrogens (tertiary/aromatic N) is 1. The molecular weight excluding hydrogens is 306 g/mol. The highest BCUT2D eigenvalue weighted by molar-refractivity contribution is 6.30. The van der Waals surface area contributed by atoms with Gasteiger partial charge in [-0.3, -0.25) is 4.90 Å². The van der Waals surface area contributed by atoms with E-state index in [0.29, 0.717) is 23.9 Å². The van der Waals surface area contributed by atoms with Gasteiger partial charge >= 0.3 is 5.97 Å². The van der Waals surface area contributed by atoms with E-state index in [1.54, 1.807) is 24.3 Å². The molecule has 1 aromatic carbocycles. The number of ether oxygens (including phenoxy) is 2. The second-order valence-corrected chi connectivity index (χ2v) is 5.23. The molecule has 0 unspecified atom stereocenters. The molecule has 0 aliphatic carbocycles. The van der Waals surface area contributed by atoms with Crippen molar-refractivity contribution in [3.63, 3.8) is 0 Å². The van der Waals surface area contributed by atoms with Crippen molar-refractivity contribution in [1.29, 1.82) is 0 Å². The number of furan rings is 1. The second kappa shape index (κ2) is 7.87. The average Bonchev–Trinajstić information content (AvgIpc) is 2.97. The fourth-order valence-corrected chi connectivity index (χ4v) is 1.99. The molecule has 5 nitrogen and oxygen atoms in total. The summed E-state index contributed by atoms with van der Waals surface area (Å²) in [4.78, 5) is 13.3. The van der Waals surface area contributed by atoms with Crippen LogP contribution in [0.3, 0.4) is 0 Å². The Hall–Kier alpha value is -1.98. The van der Waals surface area contributed by atoms with Gasteiger partial charge in [0, 0.05) is 11.6 Å². The third kappa shape index (κ3) is 4.79. The maximum atomic E-state index is 11.3. The van der Waals surface area contributed by atoms with Crippen LogP contribution in [0.1, 0.15) is 16.3 Å². The molecule has 22 heavy (non-hydrogen) atoms. The number of rotatable bonds is 7. The second-order valence-electron chi connectivity index (χ2n) is 4.80. The Morgan fingerprint density at radius 1 is 1.23 bits per heavy atom. The van der Waals surface area contributed by atoms with E-state index in [1.165, 1.54) is 7.11 Å². The SMILES string of the molecule is COC(=O)c1ccc(CN(C)CCOc2ccc(Cl)cc2)o1. The van der Waals surface area contributed by atoms with E-state index < -0.39 is 5.97 Å². The lowest BCUT2D eigenvalue weighted by Crippen LogP contribution is -2.23. The van der Waals surface area contributed by atoms with Gasteiger partial charge in [0.25, 0.3) is 0 Å². The highest BCUT2D eigenvalue weighted by Gasteiger charge is 2.12. The molecule has 0 fully saturated rings. The van der Waals surface area contributed by atoms with E-state index >= 15 is 0 Å². The van der Waals surface area contributed by atoms with Crippen molar-refractivity contribution in [1.82, 2.24) is 4.90 Å². The summed E-state index contributed by atoms with van der Waals surface area (Å²) in [5.74, 6) is 1.22. The Kier molecular flexibility index (Phi) is 5.86. The monoisotopic (exact) mass is 323 g/mol. The number of methoxy groups -OCH3 is 1. The molecule has 0 amide bonds. The first-order valence-electron chi connectivity index (χ1n) is 6.82. The van der Waals surface area contributed by atoms with Crippen molar-refractivity contribution in [3.05, 3.63) is 52.9 Å². The fraction of sp³-hybridized carbons (Fsp3) is 0.312. The lowest BCUT2D eigenvalue weighted by molar-refractivity contribution is 0.0561. The standard InChI is InChI=1S/C16H18ClNO4/c1-18(9-10-21-13-5-3-12(17)4-6-13)11-14-7-8-15(22-14)16(19)20-2/h3-8H,9-11H2,1-2H3. The summed E-state index contributed by atoms with van der Waals surface area (Å²) < 4.78 is 15.6. The smallest absolute Gasteiger partial charge is 0.373 e. The zero-order valence-electron chi connectivity index (χ0n) is 12.5. The number of hydrogen-bond acceptors (Lipinski definition) is 5. The van der Waals surface area contributed by atoms with E-state index in [1.807, 2.05) is 24.1 Å². The molecule has 0 N–H and O–H groups in total. The van der Waals surface area contributed by atoms with Crippen molar-refractivity contribution in [2.45, 2.75) is 6.54 Å². The van der Waals surface area contributed by atoms with Crippen molar-refractivity contribution in [2.75, 3.05) is 27.3 Å². The van der Waals surface area contributed by atoms with E-state index in [-0.39, 0.29) is 5.76 Å². The Morgan fingerprint density at radius 2 is 1.95 bits per heavy atom. The molecule has 2 aromatic rings. The van der Waals surface area contributed by atoms with E-state index in [4.69, 9.17) is 20.8 Å². The number of carbonyl (C=O) groups is 1. The highest BCUT2D eigenvalue weighted by Crippen LogP contribution is 2.15. The molecule has 118 valence electrons. The van der Waals surface area contributed by atoms with Gasteiger partial charge < -0.3 is 13.9 Å². The number of likely N-dealkylation sites (N-methyl/N-ethyl adjacent to an activating group) is 1. The predicted octanol–water partition coefficient (Wildman–Crippen LogP) is 3.23. The number of esters is 1. The molecule has 0 atom stereocenters. The summed E-state index contributed by atoms with van der Waals surface area (Å²) in [6.45, 7) is 1.85. The Bertz CT molecular complexity index is 609. The molecule has 0 saturated heterocycles. The number of hydrogen-bond donors (Lipinski definition) is 0. The first-order chi connectivity index (χ1) is 10.6. The molecule has 0 saturated carbocycles. The van der Waals surface area contributed by atoms with Crippen LogP contribution < -0.4 is 4.74 Å². The van der Waals surface area contributed by atoms with Crippen molar-refractivity contribution < 1.29 is 18.7 Å². The lowest BCUT2D eigenvalue weighted by Gasteiger charge is -2.15. The molecule has 1 heterocycles. The third-order valence-electron chi connectivity index (χ3n) is 3.03. The van der Waals surface area contributed by atoms with Crippen molar-refractivity contribution >= 4 is 17.6 Å². The van der Waals surface area contributed by atoms with Gasteiger partial charge in [-0.2, -0.15) is 0 Å². The Balaban J connectivity index is 1.75. The van der Waals surface area contributed by atoms with Crippen LogP contribution in [0.2, 0.25) is 5.02 Å². The maximum Gasteiger partial charge on any atom is 0.373 e. The van der Waals surface area contributed by atoms with Crippen molar-refractivity contribution in [2.24, 2.45) is 0 Å². The maximum absolute atomic E-state index is 11.3. The van der Waals surface area contributed by atoms with Gasteiger partial charge in [0.05, 0.1) is 13.7 Å². The topological polar surface area (TPSA) is 51.9 Å². The van der Waals surface area contributed by atoms with Gasteiger partial charge in [0.1, 0.15) is 18.1 Å². The summed E-state index contributed by atoms with van der Waals surface area (Å²) in [6.07, 6.45) is 0. The van der Waals surface area contributed by atoms with Gasteiger partial charge in [0.2, 0.25) is 5.76 Å². The van der Waals surface area contributed by atoms with Crippen LogP contribution in [-0.2, 0) is 11.3 Å². The first-order valence-corrected chi connectivity index (χ1v) is 7.20. The summed E-state index contributed by atoms with van der Waals surface area (Å²) >= 11 is 5.81. The molecule has 2 rings (SSSR count). The van der Waals surface area contributed by atoms with Crippen molar-refractivity contribution in [3.8, 4) is 5.75 Å². The average molecular weight is 324 g/mol. The van der Waals surface area contributed by atoms with Crippen LogP contribution in [0.15, 0.2) is 40.8 Å². The summed E-state index contributed by atoms with van der Waals surface area (Å²) in [5.41, 5.74) is 0. The minimum Gasteiger partial charge on any atom is -0.492 e. The largest absolute Gasteiger partial charge is 0.492 e. The molecule has 6 heteroatoms. The van der Waals surface area contributed by atoms with Gasteiger partial charge in [-0.05, 0) is 43.4 Å². The molecule has 0 aliphatic rings. The lowest BCUT2D eigenvalue weighted by atomic mass is 10.3. The highest BCUT2D eigenvalue weighted by atomic mass is 35.5. The van der Waals surface area contributed by atoms with Gasteiger partial charge in [-0.25, -0.2) is 4.79 Å². The van der Waals surface area contributed by atoms with Crippen LogP contribution in [0.5, 0.6) is 5.75 Å². The molecular formula is C16H18ClNO4. The summed E-state index contributed by atoms with van der Waals surface area (Å²) in [6, 6.07) is 10.6. The minimum absolute atomic E-state index is 0.211. The van der Waals surface area contributed by atoms with Crippen LogP contribution in [-0.4, -0.2) is 38.2 Å². The van der Waals surface area contributed by atoms with Crippen LogP contribution in [0.4, 0.5) is 0 Å². The summed E-state index contributed by atoms with van der Waals surface area (Å²) in [7, 11) is 3.27. The van der Waals surface area contributed by atoms with Gasteiger partial charge in [-0.1, -0.05) is 11.6 Å². The minimum atomic E-state index is -0.472. The third-order valence-corrected chi connectivity index (χ3v) is 3.28. The van der Waals surface area contributed by atoms with E-state index in [2.05, 4.69) is 4.74 Å².